The minimum atomic E-state index is -0.123. The molecule has 1 amide bonds. The summed E-state index contributed by atoms with van der Waals surface area (Å²) in [4.78, 5) is 18.9. The number of H-pyrrole nitrogens is 1. The maximum atomic E-state index is 11.4. The Balaban J connectivity index is 2.44. The number of hydrogen-bond acceptors (Lipinski definition) is 2. The van der Waals surface area contributed by atoms with Gasteiger partial charge < -0.3 is 10.3 Å². The van der Waals surface area contributed by atoms with Crippen LogP contribution in [0.4, 0.5) is 0 Å². The van der Waals surface area contributed by atoms with E-state index in [2.05, 4.69) is 15.3 Å². The number of hydrogen-bond donors (Lipinski definition) is 2. The normalized spacial score (nSPS) is 22.0. The largest absolute Gasteiger partial charge is 0.355 e. The van der Waals surface area contributed by atoms with E-state index in [4.69, 9.17) is 0 Å². The van der Waals surface area contributed by atoms with Gasteiger partial charge in [0.2, 0.25) is 5.91 Å². The molecule has 0 aromatic carbocycles. The van der Waals surface area contributed by atoms with Crippen molar-refractivity contribution in [2.24, 2.45) is 0 Å². The van der Waals surface area contributed by atoms with Gasteiger partial charge in [0.1, 0.15) is 5.82 Å². The van der Waals surface area contributed by atoms with Gasteiger partial charge in [-0.15, -0.1) is 0 Å². The summed E-state index contributed by atoms with van der Waals surface area (Å²) >= 11 is 0. The molecule has 4 heteroatoms. The highest BCUT2D eigenvalue weighted by Gasteiger charge is 2.24. The van der Waals surface area contributed by atoms with Crippen molar-refractivity contribution in [3.05, 3.63) is 17.2 Å². The SMILES string of the molecule is Cc1nc2c([nH]1)CCNC(=O)C2C. The van der Waals surface area contributed by atoms with Crippen LogP contribution in [0.2, 0.25) is 0 Å². The summed E-state index contributed by atoms with van der Waals surface area (Å²) in [5, 5.41) is 2.85. The van der Waals surface area contributed by atoms with E-state index in [1.165, 1.54) is 0 Å². The molecule has 1 aromatic heterocycles. The maximum Gasteiger partial charge on any atom is 0.228 e. The fourth-order valence-electron chi connectivity index (χ4n) is 1.70. The van der Waals surface area contributed by atoms with Crippen LogP contribution in [0.5, 0.6) is 0 Å². The van der Waals surface area contributed by atoms with Gasteiger partial charge in [-0.05, 0) is 13.8 Å². The van der Waals surface area contributed by atoms with Gasteiger partial charge in [0.25, 0.3) is 0 Å². The Morgan fingerprint density at radius 1 is 1.54 bits per heavy atom. The van der Waals surface area contributed by atoms with Gasteiger partial charge in [0, 0.05) is 18.7 Å². The van der Waals surface area contributed by atoms with E-state index in [9.17, 15) is 4.79 Å². The predicted molar refractivity (Wildman–Crippen MR) is 48.5 cm³/mol. The molecule has 1 unspecified atom stereocenters. The van der Waals surface area contributed by atoms with Crippen LogP contribution in [0.15, 0.2) is 0 Å². The van der Waals surface area contributed by atoms with Crippen LogP contribution in [0.3, 0.4) is 0 Å². The number of imidazole rings is 1. The molecule has 0 bridgehead atoms. The molecule has 13 heavy (non-hydrogen) atoms. The Kier molecular flexibility index (Phi) is 1.83. The monoisotopic (exact) mass is 179 g/mol. The topological polar surface area (TPSA) is 57.8 Å². The van der Waals surface area contributed by atoms with Crippen molar-refractivity contribution >= 4 is 5.91 Å². The zero-order valence-electron chi connectivity index (χ0n) is 7.85. The van der Waals surface area contributed by atoms with Crippen molar-refractivity contribution in [2.45, 2.75) is 26.2 Å². The van der Waals surface area contributed by atoms with Crippen LogP contribution < -0.4 is 5.32 Å². The summed E-state index contributed by atoms with van der Waals surface area (Å²) < 4.78 is 0. The molecule has 2 N–H and O–H groups in total. The highest BCUT2D eigenvalue weighted by Crippen LogP contribution is 2.20. The zero-order valence-corrected chi connectivity index (χ0v) is 7.85. The molecule has 0 fully saturated rings. The number of carbonyl (C=O) groups is 1. The van der Waals surface area contributed by atoms with Gasteiger partial charge in [-0.25, -0.2) is 4.98 Å². The van der Waals surface area contributed by atoms with Crippen LogP contribution in [0.25, 0.3) is 0 Å². The quantitative estimate of drug-likeness (QED) is 0.609. The lowest BCUT2D eigenvalue weighted by Gasteiger charge is -2.04. The van der Waals surface area contributed by atoms with Crippen LogP contribution in [-0.4, -0.2) is 22.4 Å². The van der Waals surface area contributed by atoms with E-state index < -0.39 is 0 Å². The molecule has 1 aliphatic heterocycles. The third-order valence-electron chi connectivity index (χ3n) is 2.41. The minimum absolute atomic E-state index is 0.0743. The van der Waals surface area contributed by atoms with E-state index in [1.807, 2.05) is 13.8 Å². The first-order valence-corrected chi connectivity index (χ1v) is 4.51. The van der Waals surface area contributed by atoms with Crippen molar-refractivity contribution in [3.63, 3.8) is 0 Å². The van der Waals surface area contributed by atoms with Crippen molar-refractivity contribution < 1.29 is 4.79 Å². The lowest BCUT2D eigenvalue weighted by atomic mass is 10.1. The molecule has 70 valence electrons. The Bertz CT molecular complexity index is 343. The first-order valence-electron chi connectivity index (χ1n) is 4.51. The molecule has 1 aliphatic rings. The highest BCUT2D eigenvalue weighted by atomic mass is 16.1. The molecular formula is C9H13N3O. The van der Waals surface area contributed by atoms with Crippen molar-refractivity contribution in [1.29, 1.82) is 0 Å². The molecule has 0 spiro atoms. The second kappa shape index (κ2) is 2.87. The third-order valence-corrected chi connectivity index (χ3v) is 2.41. The van der Waals surface area contributed by atoms with Gasteiger partial charge in [-0.1, -0.05) is 0 Å². The summed E-state index contributed by atoms with van der Waals surface area (Å²) in [5.74, 6) is 0.847. The Labute approximate surface area is 76.8 Å². The summed E-state index contributed by atoms with van der Waals surface area (Å²) in [6, 6.07) is 0. The predicted octanol–water partition coefficient (Wildman–Crippen LogP) is 0.494. The van der Waals surface area contributed by atoms with E-state index in [0.29, 0.717) is 6.54 Å². The number of amides is 1. The van der Waals surface area contributed by atoms with Gasteiger partial charge >= 0.3 is 0 Å². The van der Waals surface area contributed by atoms with Crippen molar-refractivity contribution in [2.75, 3.05) is 6.54 Å². The molecule has 2 rings (SSSR count). The number of rotatable bonds is 0. The number of aromatic amines is 1. The van der Waals surface area contributed by atoms with Crippen molar-refractivity contribution in [3.8, 4) is 0 Å². The smallest absolute Gasteiger partial charge is 0.228 e. The Morgan fingerprint density at radius 2 is 2.31 bits per heavy atom. The van der Waals surface area contributed by atoms with Crippen LogP contribution in [0, 0.1) is 6.92 Å². The number of nitrogens with zero attached hydrogens (tertiary/aromatic N) is 1. The molecule has 0 aliphatic carbocycles. The number of carbonyl (C=O) groups excluding carboxylic acids is 1. The van der Waals surface area contributed by atoms with Gasteiger partial charge in [-0.2, -0.15) is 0 Å². The summed E-state index contributed by atoms with van der Waals surface area (Å²) in [6.07, 6.45) is 0.853. The van der Waals surface area contributed by atoms with Crippen LogP contribution in [-0.2, 0) is 11.2 Å². The Morgan fingerprint density at radius 3 is 3.08 bits per heavy atom. The third kappa shape index (κ3) is 1.32. The van der Waals surface area contributed by atoms with E-state index in [-0.39, 0.29) is 11.8 Å². The molecule has 0 radical (unpaired) electrons. The summed E-state index contributed by atoms with van der Waals surface area (Å²) in [6.45, 7) is 4.51. The molecular weight excluding hydrogens is 166 g/mol. The van der Waals surface area contributed by atoms with Crippen molar-refractivity contribution in [1.82, 2.24) is 15.3 Å². The number of nitrogens with one attached hydrogen (secondary N) is 2. The molecule has 1 atom stereocenters. The first kappa shape index (κ1) is 8.29. The minimum Gasteiger partial charge on any atom is -0.355 e. The molecule has 2 heterocycles. The Hall–Kier alpha value is -1.32. The standard InChI is InChI=1S/C9H13N3O/c1-5-8-7(11-6(2)12-8)3-4-10-9(5)13/h5H,3-4H2,1-2H3,(H,10,13)(H,11,12). The molecule has 4 nitrogen and oxygen atoms in total. The number of fused-ring (bicyclic) bond motifs is 1. The van der Waals surface area contributed by atoms with E-state index in [0.717, 1.165) is 23.6 Å². The van der Waals surface area contributed by atoms with Crippen LogP contribution in [0.1, 0.15) is 30.1 Å². The van der Waals surface area contributed by atoms with E-state index in [1.54, 1.807) is 0 Å². The summed E-state index contributed by atoms with van der Waals surface area (Å²) in [7, 11) is 0. The fourth-order valence-corrected chi connectivity index (χ4v) is 1.70. The fraction of sp³-hybridized carbons (Fsp3) is 0.556. The van der Waals surface area contributed by atoms with E-state index >= 15 is 0 Å². The first-order chi connectivity index (χ1) is 6.18. The molecule has 0 saturated heterocycles. The average Bonchev–Trinajstić information content (AvgIpc) is 2.40. The molecule has 1 aromatic rings. The lowest BCUT2D eigenvalue weighted by molar-refractivity contribution is -0.122. The highest BCUT2D eigenvalue weighted by molar-refractivity contribution is 5.83. The number of aryl methyl sites for hydroxylation is 1. The van der Waals surface area contributed by atoms with Gasteiger partial charge in [0.05, 0.1) is 11.6 Å². The summed E-state index contributed by atoms with van der Waals surface area (Å²) in [5.41, 5.74) is 2.01. The lowest BCUT2D eigenvalue weighted by Crippen LogP contribution is -2.27. The van der Waals surface area contributed by atoms with Gasteiger partial charge in [0.15, 0.2) is 0 Å². The maximum absolute atomic E-state index is 11.4. The second-order valence-electron chi connectivity index (χ2n) is 3.45. The second-order valence-corrected chi connectivity index (χ2v) is 3.45. The number of aromatic nitrogens is 2. The van der Waals surface area contributed by atoms with Crippen LogP contribution >= 0.6 is 0 Å². The van der Waals surface area contributed by atoms with Gasteiger partial charge in [-0.3, -0.25) is 4.79 Å². The zero-order chi connectivity index (χ0) is 9.42. The average molecular weight is 179 g/mol. The molecule has 0 saturated carbocycles.